The molecule has 0 aliphatic carbocycles. The normalized spacial score (nSPS) is 23.5. The van der Waals surface area contributed by atoms with Gasteiger partial charge in [-0.1, -0.05) is 13.3 Å². The van der Waals surface area contributed by atoms with Gasteiger partial charge in [-0.3, -0.25) is 0 Å². The molecule has 0 spiro atoms. The maximum atomic E-state index is 12.9. The fraction of sp³-hybridized carbons (Fsp3) is 0.818. The van der Waals surface area contributed by atoms with Crippen molar-refractivity contribution in [3.63, 3.8) is 0 Å². The summed E-state index contributed by atoms with van der Waals surface area (Å²) in [7, 11) is 0. The summed E-state index contributed by atoms with van der Waals surface area (Å²) in [5.74, 6) is 0. The van der Waals surface area contributed by atoms with Crippen LogP contribution in [0, 0.1) is 0 Å². The highest BCUT2D eigenvalue weighted by atomic mass is 19.4. The van der Waals surface area contributed by atoms with Gasteiger partial charge in [-0.25, -0.2) is 4.79 Å². The number of hydrogen-bond acceptors (Lipinski definition) is 4. The molecule has 0 saturated carbocycles. The number of rotatable bonds is 4. The number of carbonyl (C=O) groups is 1. The summed E-state index contributed by atoms with van der Waals surface area (Å²) in [6, 6.07) is 0. The Balaban J connectivity index is 2.96. The van der Waals surface area contributed by atoms with Gasteiger partial charge in [0.1, 0.15) is 0 Å². The first-order valence-corrected chi connectivity index (χ1v) is 6.08. The number of alkyl halides is 3. The molecule has 5 nitrogen and oxygen atoms in total. The Hall–Kier alpha value is -1.31. The molecule has 19 heavy (non-hydrogen) atoms. The number of aliphatic hydroxyl groups is 1. The number of amides is 1. The van der Waals surface area contributed by atoms with Crippen LogP contribution in [0.25, 0.3) is 0 Å². The van der Waals surface area contributed by atoms with E-state index in [2.05, 4.69) is 9.84 Å². The number of unbranched alkanes of at least 4 members (excludes halogenated alkanes) is 1. The minimum atomic E-state index is -4.99. The fourth-order valence-electron chi connectivity index (χ4n) is 1.73. The molecule has 1 unspecified atom stereocenters. The van der Waals surface area contributed by atoms with E-state index in [1.54, 1.807) is 0 Å². The highest BCUT2D eigenvalue weighted by Crippen LogP contribution is 2.41. The van der Waals surface area contributed by atoms with Crippen LogP contribution in [-0.4, -0.2) is 40.4 Å². The van der Waals surface area contributed by atoms with Crippen molar-refractivity contribution >= 4 is 11.8 Å². The summed E-state index contributed by atoms with van der Waals surface area (Å²) < 4.78 is 43.2. The molecule has 0 bridgehead atoms. The predicted octanol–water partition coefficient (Wildman–Crippen LogP) is 2.65. The van der Waals surface area contributed by atoms with Gasteiger partial charge >= 0.3 is 12.3 Å². The first-order chi connectivity index (χ1) is 8.76. The van der Waals surface area contributed by atoms with Crippen LogP contribution in [0.2, 0.25) is 0 Å². The molecule has 0 radical (unpaired) electrons. The molecule has 110 valence electrons. The molecule has 0 aromatic rings. The molecule has 0 saturated heterocycles. The molecule has 1 heterocycles. The van der Waals surface area contributed by atoms with E-state index >= 15 is 0 Å². The third-order valence-corrected chi connectivity index (χ3v) is 2.76. The van der Waals surface area contributed by atoms with Crippen molar-refractivity contribution in [1.29, 1.82) is 0 Å². The van der Waals surface area contributed by atoms with Gasteiger partial charge in [0.2, 0.25) is 0 Å². The zero-order valence-electron chi connectivity index (χ0n) is 10.8. The van der Waals surface area contributed by atoms with Gasteiger partial charge in [0.05, 0.1) is 6.61 Å². The largest absolute Gasteiger partial charge is 0.448 e. The van der Waals surface area contributed by atoms with Crippen molar-refractivity contribution in [2.45, 2.75) is 51.4 Å². The Morgan fingerprint density at radius 3 is 2.63 bits per heavy atom. The minimum Gasteiger partial charge on any atom is -0.448 e. The third kappa shape index (κ3) is 3.17. The van der Waals surface area contributed by atoms with Gasteiger partial charge in [0.15, 0.2) is 0 Å². The van der Waals surface area contributed by atoms with Crippen molar-refractivity contribution in [3.8, 4) is 0 Å². The van der Waals surface area contributed by atoms with Crippen LogP contribution in [0.3, 0.4) is 0 Å². The third-order valence-electron chi connectivity index (χ3n) is 2.76. The maximum Gasteiger partial charge on any atom is 0.439 e. The minimum absolute atomic E-state index is 0.00148. The summed E-state index contributed by atoms with van der Waals surface area (Å²) in [6.07, 6.45) is -5.28. The standard InChI is InChI=1S/C11H17F3N2O3/c1-3-5-6-8-7-10(18,11(12,13)14)16(15-8)9(17)19-4-2/h18H,3-7H2,1-2H3. The van der Waals surface area contributed by atoms with Gasteiger partial charge in [-0.2, -0.15) is 23.3 Å². The zero-order chi connectivity index (χ0) is 14.7. The van der Waals surface area contributed by atoms with E-state index in [0.29, 0.717) is 12.8 Å². The summed E-state index contributed by atoms with van der Waals surface area (Å²) in [5, 5.41) is 13.3. The van der Waals surface area contributed by atoms with Gasteiger partial charge in [0, 0.05) is 12.1 Å². The van der Waals surface area contributed by atoms with Crippen molar-refractivity contribution in [3.05, 3.63) is 0 Å². The Kier molecular flexibility index (Phi) is 4.78. The molecule has 1 N–H and O–H groups in total. The average molecular weight is 282 g/mol. The average Bonchev–Trinajstić information content (AvgIpc) is 2.65. The van der Waals surface area contributed by atoms with Gasteiger partial charge in [-0.05, 0) is 19.8 Å². The van der Waals surface area contributed by atoms with E-state index in [4.69, 9.17) is 0 Å². The topological polar surface area (TPSA) is 62.1 Å². The van der Waals surface area contributed by atoms with E-state index in [1.165, 1.54) is 6.92 Å². The Morgan fingerprint density at radius 2 is 2.16 bits per heavy atom. The van der Waals surface area contributed by atoms with Crippen LogP contribution in [0.15, 0.2) is 5.10 Å². The Morgan fingerprint density at radius 1 is 1.53 bits per heavy atom. The number of carbonyl (C=O) groups excluding carboxylic acids is 1. The Bertz CT molecular complexity index is 371. The number of ether oxygens (including phenoxy) is 1. The number of hydrogen-bond donors (Lipinski definition) is 1. The molecule has 1 rings (SSSR count). The molecule has 1 amide bonds. The van der Waals surface area contributed by atoms with E-state index in [-0.39, 0.29) is 17.3 Å². The lowest BCUT2D eigenvalue weighted by atomic mass is 10.0. The van der Waals surface area contributed by atoms with Gasteiger partial charge in [0.25, 0.3) is 5.72 Å². The second-order valence-electron chi connectivity index (χ2n) is 4.27. The quantitative estimate of drug-likeness (QED) is 0.862. The first-order valence-electron chi connectivity index (χ1n) is 6.08. The molecule has 0 fully saturated rings. The lowest BCUT2D eigenvalue weighted by Gasteiger charge is -2.31. The summed E-state index contributed by atoms with van der Waals surface area (Å²) >= 11 is 0. The van der Waals surface area contributed by atoms with E-state index < -0.39 is 24.4 Å². The lowest BCUT2D eigenvalue weighted by Crippen LogP contribution is -2.56. The van der Waals surface area contributed by atoms with Gasteiger partial charge in [-0.15, -0.1) is 0 Å². The van der Waals surface area contributed by atoms with Crippen molar-refractivity contribution < 1.29 is 27.8 Å². The van der Waals surface area contributed by atoms with E-state index in [1.807, 2.05) is 6.92 Å². The van der Waals surface area contributed by atoms with Crippen molar-refractivity contribution in [2.24, 2.45) is 5.10 Å². The molecule has 8 heteroatoms. The summed E-state index contributed by atoms with van der Waals surface area (Å²) in [5.41, 5.74) is -3.16. The molecule has 1 aliphatic heterocycles. The second-order valence-corrected chi connectivity index (χ2v) is 4.27. The van der Waals surface area contributed by atoms with Crippen LogP contribution in [0.4, 0.5) is 18.0 Å². The SMILES string of the molecule is CCCCC1=NN(C(=O)OCC)C(O)(C(F)(F)F)C1. The van der Waals surface area contributed by atoms with Crippen LogP contribution in [0.1, 0.15) is 39.5 Å². The van der Waals surface area contributed by atoms with Gasteiger partial charge < -0.3 is 9.84 Å². The van der Waals surface area contributed by atoms with Crippen LogP contribution in [-0.2, 0) is 4.74 Å². The molecule has 1 atom stereocenters. The molecular formula is C11H17F3N2O3. The fourth-order valence-corrected chi connectivity index (χ4v) is 1.73. The highest BCUT2D eigenvalue weighted by Gasteiger charge is 2.63. The smallest absolute Gasteiger partial charge is 0.439 e. The number of hydrazone groups is 1. The predicted molar refractivity (Wildman–Crippen MR) is 61.4 cm³/mol. The molecular weight excluding hydrogens is 265 g/mol. The molecule has 1 aliphatic rings. The van der Waals surface area contributed by atoms with Crippen LogP contribution >= 0.6 is 0 Å². The highest BCUT2D eigenvalue weighted by molar-refractivity contribution is 5.89. The number of nitrogens with zero attached hydrogens (tertiary/aromatic N) is 2. The molecule has 0 aromatic carbocycles. The molecule has 0 aromatic heterocycles. The van der Waals surface area contributed by atoms with E-state index in [9.17, 15) is 23.1 Å². The summed E-state index contributed by atoms with van der Waals surface area (Å²) in [4.78, 5) is 11.5. The lowest BCUT2D eigenvalue weighted by molar-refractivity contribution is -0.299. The van der Waals surface area contributed by atoms with Crippen molar-refractivity contribution in [2.75, 3.05) is 6.61 Å². The monoisotopic (exact) mass is 282 g/mol. The maximum absolute atomic E-state index is 12.9. The number of halogens is 3. The van der Waals surface area contributed by atoms with Crippen LogP contribution in [0.5, 0.6) is 0 Å². The second kappa shape index (κ2) is 5.77. The van der Waals surface area contributed by atoms with E-state index in [0.717, 1.165) is 6.42 Å². The van der Waals surface area contributed by atoms with Crippen molar-refractivity contribution in [1.82, 2.24) is 5.01 Å². The Labute approximate surface area is 109 Å². The summed E-state index contributed by atoms with van der Waals surface area (Å²) in [6.45, 7) is 3.25. The van der Waals surface area contributed by atoms with Crippen LogP contribution < -0.4 is 0 Å². The zero-order valence-corrected chi connectivity index (χ0v) is 10.8. The first kappa shape index (κ1) is 15.7.